The minimum atomic E-state index is -0.329. The smallest absolute Gasteiger partial charge is 0.223 e. The van der Waals surface area contributed by atoms with Crippen LogP contribution in [0.4, 0.5) is 4.39 Å². The van der Waals surface area contributed by atoms with E-state index in [1.807, 2.05) is 25.7 Å². The molecule has 21 heavy (non-hydrogen) atoms. The molecule has 1 fully saturated rings. The van der Waals surface area contributed by atoms with Crippen LogP contribution >= 0.6 is 15.9 Å². The van der Waals surface area contributed by atoms with Crippen molar-refractivity contribution in [3.63, 3.8) is 0 Å². The van der Waals surface area contributed by atoms with Crippen molar-refractivity contribution in [1.82, 2.24) is 4.90 Å². The highest BCUT2D eigenvalue weighted by Gasteiger charge is 2.39. The van der Waals surface area contributed by atoms with Gasteiger partial charge < -0.3 is 10.6 Å². The zero-order valence-electron chi connectivity index (χ0n) is 12.7. The quantitative estimate of drug-likeness (QED) is 0.832. The highest BCUT2D eigenvalue weighted by molar-refractivity contribution is 9.10. The first-order valence-corrected chi connectivity index (χ1v) is 8.04. The van der Waals surface area contributed by atoms with Gasteiger partial charge in [-0.25, -0.2) is 4.39 Å². The fourth-order valence-electron chi connectivity index (χ4n) is 3.00. The lowest BCUT2D eigenvalue weighted by atomic mass is 9.92. The van der Waals surface area contributed by atoms with Gasteiger partial charge in [0, 0.05) is 18.0 Å². The Hall–Kier alpha value is -0.940. The van der Waals surface area contributed by atoms with E-state index in [-0.39, 0.29) is 29.3 Å². The summed E-state index contributed by atoms with van der Waals surface area (Å²) in [6, 6.07) is 4.51. The van der Waals surface area contributed by atoms with Crippen molar-refractivity contribution < 1.29 is 9.18 Å². The van der Waals surface area contributed by atoms with E-state index in [9.17, 15) is 9.18 Å². The molecule has 1 aromatic carbocycles. The molecule has 1 aromatic rings. The molecule has 0 saturated carbocycles. The molecule has 1 aliphatic rings. The van der Waals surface area contributed by atoms with Crippen molar-refractivity contribution in [2.75, 3.05) is 0 Å². The van der Waals surface area contributed by atoms with Crippen molar-refractivity contribution in [3.8, 4) is 0 Å². The maximum Gasteiger partial charge on any atom is 0.223 e. The van der Waals surface area contributed by atoms with Crippen LogP contribution in [0.15, 0.2) is 22.7 Å². The first kappa shape index (κ1) is 16.4. The third kappa shape index (κ3) is 3.46. The number of nitrogens with two attached hydrogens (primary N) is 1. The molecule has 2 atom stereocenters. The summed E-state index contributed by atoms with van der Waals surface area (Å²) in [6.45, 7) is 6.03. The summed E-state index contributed by atoms with van der Waals surface area (Å²) in [4.78, 5) is 14.4. The number of benzene rings is 1. The lowest BCUT2D eigenvalue weighted by molar-refractivity contribution is -0.139. The largest absolute Gasteiger partial charge is 0.329 e. The van der Waals surface area contributed by atoms with E-state index in [1.54, 1.807) is 12.1 Å². The number of likely N-dealkylation sites (tertiary alicyclic amines) is 1. The summed E-state index contributed by atoms with van der Waals surface area (Å²) in [7, 11) is 0. The number of hydrogen-bond acceptors (Lipinski definition) is 2. The maximum atomic E-state index is 13.5. The van der Waals surface area contributed by atoms with Crippen molar-refractivity contribution in [2.24, 2.45) is 5.73 Å². The molecule has 0 aliphatic carbocycles. The molecule has 0 spiro atoms. The zero-order valence-corrected chi connectivity index (χ0v) is 14.3. The predicted molar refractivity (Wildman–Crippen MR) is 85.3 cm³/mol. The van der Waals surface area contributed by atoms with Gasteiger partial charge in [-0.05, 0) is 67.2 Å². The van der Waals surface area contributed by atoms with E-state index < -0.39 is 0 Å². The Morgan fingerprint density at radius 2 is 2.05 bits per heavy atom. The third-order valence-electron chi connectivity index (χ3n) is 3.89. The fraction of sp³-hybridized carbons (Fsp3) is 0.562. The zero-order chi connectivity index (χ0) is 15.8. The molecule has 2 unspecified atom stereocenters. The van der Waals surface area contributed by atoms with Crippen LogP contribution in [-0.4, -0.2) is 22.4 Å². The highest BCUT2D eigenvalue weighted by atomic mass is 79.9. The minimum Gasteiger partial charge on any atom is -0.329 e. The average Bonchev–Trinajstić information content (AvgIpc) is 2.51. The summed E-state index contributed by atoms with van der Waals surface area (Å²) < 4.78 is 13.9. The molecule has 2 N–H and O–H groups in total. The fourth-order valence-corrected chi connectivity index (χ4v) is 3.39. The van der Waals surface area contributed by atoms with Crippen LogP contribution in [0.3, 0.4) is 0 Å². The Labute approximate surface area is 133 Å². The summed E-state index contributed by atoms with van der Waals surface area (Å²) >= 11 is 3.22. The van der Waals surface area contributed by atoms with E-state index in [0.717, 1.165) is 18.4 Å². The Bertz CT molecular complexity index is 542. The van der Waals surface area contributed by atoms with Gasteiger partial charge in [0.25, 0.3) is 0 Å². The number of hydrogen-bond donors (Lipinski definition) is 1. The molecule has 1 amide bonds. The molecule has 116 valence electrons. The first-order chi connectivity index (χ1) is 9.71. The monoisotopic (exact) mass is 356 g/mol. The van der Waals surface area contributed by atoms with E-state index in [0.29, 0.717) is 10.9 Å². The predicted octanol–water partition coefficient (Wildman–Crippen LogP) is 3.77. The summed E-state index contributed by atoms with van der Waals surface area (Å²) in [5.74, 6) is -0.199. The molecule has 3 nitrogen and oxygen atoms in total. The molecule has 0 aromatic heterocycles. The minimum absolute atomic E-state index is 0.112. The van der Waals surface area contributed by atoms with Gasteiger partial charge in [-0.2, -0.15) is 0 Å². The first-order valence-electron chi connectivity index (χ1n) is 7.24. The second kappa shape index (κ2) is 6.05. The summed E-state index contributed by atoms with van der Waals surface area (Å²) in [5.41, 5.74) is 6.89. The van der Waals surface area contributed by atoms with E-state index >= 15 is 0 Å². The van der Waals surface area contributed by atoms with Gasteiger partial charge in [0.05, 0.1) is 10.5 Å². The van der Waals surface area contributed by atoms with E-state index in [1.165, 1.54) is 6.07 Å². The molecule has 1 saturated heterocycles. The topological polar surface area (TPSA) is 46.3 Å². The number of carbonyl (C=O) groups excluding carboxylic acids is 1. The Morgan fingerprint density at radius 1 is 1.38 bits per heavy atom. The summed E-state index contributed by atoms with van der Waals surface area (Å²) in [6.07, 6.45) is 2.10. The highest BCUT2D eigenvalue weighted by Crippen LogP contribution is 2.36. The van der Waals surface area contributed by atoms with E-state index in [2.05, 4.69) is 15.9 Å². The van der Waals surface area contributed by atoms with Gasteiger partial charge in [-0.3, -0.25) is 4.79 Å². The SMILES string of the molecule is CC(C)(C)N1C(=O)CCCC(N)C1c1ccc(F)c(Br)c1. The maximum absolute atomic E-state index is 13.5. The van der Waals surface area contributed by atoms with Crippen molar-refractivity contribution in [3.05, 3.63) is 34.1 Å². The van der Waals surface area contributed by atoms with Crippen LogP contribution in [0, 0.1) is 5.82 Å². The van der Waals surface area contributed by atoms with Crippen LogP contribution < -0.4 is 5.73 Å². The van der Waals surface area contributed by atoms with Crippen LogP contribution in [0.25, 0.3) is 0 Å². The van der Waals surface area contributed by atoms with Crippen molar-refractivity contribution in [2.45, 2.75) is 57.7 Å². The standard InChI is InChI=1S/C16H22BrFN2O/c1-16(2,3)20-14(21)6-4-5-13(19)15(20)10-7-8-12(18)11(17)9-10/h7-9,13,15H,4-6,19H2,1-3H3. The Balaban J connectivity index is 2.51. The molecule has 0 bridgehead atoms. The van der Waals surface area contributed by atoms with Crippen LogP contribution in [0.5, 0.6) is 0 Å². The van der Waals surface area contributed by atoms with Gasteiger partial charge in [-0.1, -0.05) is 6.07 Å². The summed E-state index contributed by atoms with van der Waals surface area (Å²) in [5, 5.41) is 0. The number of rotatable bonds is 1. The average molecular weight is 357 g/mol. The van der Waals surface area contributed by atoms with Gasteiger partial charge in [0.2, 0.25) is 5.91 Å². The number of amides is 1. The van der Waals surface area contributed by atoms with Gasteiger partial charge in [-0.15, -0.1) is 0 Å². The second-order valence-corrected chi connectivity index (χ2v) is 7.46. The number of nitrogens with zero attached hydrogens (tertiary/aromatic N) is 1. The Morgan fingerprint density at radius 3 is 2.62 bits per heavy atom. The van der Waals surface area contributed by atoms with Gasteiger partial charge in [0.1, 0.15) is 5.82 Å². The van der Waals surface area contributed by atoms with Crippen LogP contribution in [0.1, 0.15) is 51.6 Å². The third-order valence-corrected chi connectivity index (χ3v) is 4.50. The van der Waals surface area contributed by atoms with E-state index in [4.69, 9.17) is 5.73 Å². The molecule has 0 radical (unpaired) electrons. The molecular weight excluding hydrogens is 335 g/mol. The molecule has 5 heteroatoms. The molecule has 1 aliphatic heterocycles. The van der Waals surface area contributed by atoms with Gasteiger partial charge >= 0.3 is 0 Å². The lowest BCUT2D eigenvalue weighted by Gasteiger charge is -2.43. The van der Waals surface area contributed by atoms with Gasteiger partial charge in [0.15, 0.2) is 0 Å². The molecule has 1 heterocycles. The van der Waals surface area contributed by atoms with Crippen molar-refractivity contribution >= 4 is 21.8 Å². The number of carbonyl (C=O) groups is 1. The normalized spacial score (nSPS) is 24.1. The lowest BCUT2D eigenvalue weighted by Crippen LogP contribution is -2.51. The van der Waals surface area contributed by atoms with Crippen molar-refractivity contribution in [1.29, 1.82) is 0 Å². The molecule has 2 rings (SSSR count). The Kier molecular flexibility index (Phi) is 4.73. The molecular formula is C16H22BrFN2O. The van der Waals surface area contributed by atoms with Crippen LogP contribution in [-0.2, 0) is 4.79 Å². The second-order valence-electron chi connectivity index (χ2n) is 6.61. The van der Waals surface area contributed by atoms with Crippen LogP contribution in [0.2, 0.25) is 0 Å². The number of halogens is 2.